The monoisotopic (exact) mass is 349 g/mol. The second-order valence-electron chi connectivity index (χ2n) is 6.68. The molecule has 2 heterocycles. The lowest BCUT2D eigenvalue weighted by atomic mass is 9.92. The molecule has 0 aromatic carbocycles. The van der Waals surface area contributed by atoms with E-state index in [0.29, 0.717) is 12.2 Å². The predicted octanol–water partition coefficient (Wildman–Crippen LogP) is 2.75. The maximum atomic E-state index is 12.5. The van der Waals surface area contributed by atoms with Crippen molar-refractivity contribution < 1.29 is 8.42 Å². The second kappa shape index (κ2) is 6.76. The van der Waals surface area contributed by atoms with Gasteiger partial charge >= 0.3 is 0 Å². The van der Waals surface area contributed by atoms with Crippen molar-refractivity contribution in [3.63, 3.8) is 0 Å². The van der Waals surface area contributed by atoms with Gasteiger partial charge < -0.3 is 4.57 Å². The van der Waals surface area contributed by atoms with Crippen molar-refractivity contribution in [3.8, 4) is 0 Å². The molecule has 1 N–H and O–H groups in total. The molecule has 0 aliphatic carbocycles. The van der Waals surface area contributed by atoms with Crippen LogP contribution in [0.2, 0.25) is 0 Å². The first-order valence-corrected chi connectivity index (χ1v) is 9.31. The average Bonchev–Trinajstić information content (AvgIpc) is 2.50. The predicted molar refractivity (Wildman–Crippen MR) is 94.7 cm³/mol. The molecule has 24 heavy (non-hydrogen) atoms. The quantitative estimate of drug-likeness (QED) is 0.900. The van der Waals surface area contributed by atoms with Crippen LogP contribution in [0.1, 0.15) is 39.8 Å². The Morgan fingerprint density at radius 2 is 1.88 bits per heavy atom. The number of hydrogen-bond donors (Lipinski definition) is 1. The SMILES string of the molecule is CCCn1cc(NS(=O)(=O)c2ccc(C(C)(C)C)nc2)ccc1=O. The van der Waals surface area contributed by atoms with Crippen molar-refractivity contribution in [2.24, 2.45) is 0 Å². The van der Waals surface area contributed by atoms with Gasteiger partial charge in [0.2, 0.25) is 0 Å². The van der Waals surface area contributed by atoms with E-state index in [4.69, 9.17) is 0 Å². The van der Waals surface area contributed by atoms with E-state index < -0.39 is 10.0 Å². The summed E-state index contributed by atoms with van der Waals surface area (Å²) >= 11 is 0. The van der Waals surface area contributed by atoms with Crippen LogP contribution in [0.3, 0.4) is 0 Å². The van der Waals surface area contributed by atoms with E-state index in [9.17, 15) is 13.2 Å². The fraction of sp³-hybridized carbons (Fsp3) is 0.412. The molecule has 0 unspecified atom stereocenters. The van der Waals surface area contributed by atoms with Crippen molar-refractivity contribution in [2.45, 2.75) is 51.0 Å². The van der Waals surface area contributed by atoms with Crippen LogP contribution in [0, 0.1) is 0 Å². The molecule has 0 atom stereocenters. The Kier molecular flexibility index (Phi) is 5.13. The number of nitrogens with zero attached hydrogens (tertiary/aromatic N) is 2. The Morgan fingerprint density at radius 3 is 2.42 bits per heavy atom. The molecule has 0 aliphatic rings. The van der Waals surface area contributed by atoms with Crippen LogP contribution in [-0.2, 0) is 22.0 Å². The molecular weight excluding hydrogens is 326 g/mol. The van der Waals surface area contributed by atoms with Crippen molar-refractivity contribution in [1.29, 1.82) is 0 Å². The summed E-state index contributed by atoms with van der Waals surface area (Å²) in [6.07, 6.45) is 3.65. The van der Waals surface area contributed by atoms with Gasteiger partial charge in [0, 0.05) is 36.1 Å². The van der Waals surface area contributed by atoms with Crippen LogP contribution < -0.4 is 10.3 Å². The Hall–Kier alpha value is -2.15. The summed E-state index contributed by atoms with van der Waals surface area (Å²) in [4.78, 5) is 16.0. The molecule has 0 aliphatic heterocycles. The van der Waals surface area contributed by atoms with Gasteiger partial charge in [-0.25, -0.2) is 8.42 Å². The number of aryl methyl sites for hydroxylation is 1. The zero-order chi connectivity index (χ0) is 18.0. The van der Waals surface area contributed by atoms with Crippen LogP contribution in [0.25, 0.3) is 0 Å². The first-order valence-electron chi connectivity index (χ1n) is 7.83. The van der Waals surface area contributed by atoms with E-state index in [1.165, 1.54) is 35.2 Å². The van der Waals surface area contributed by atoms with Crippen LogP contribution in [0.15, 0.2) is 46.3 Å². The highest BCUT2D eigenvalue weighted by Crippen LogP contribution is 2.21. The smallest absolute Gasteiger partial charge is 0.263 e. The summed E-state index contributed by atoms with van der Waals surface area (Å²) in [6, 6.07) is 6.07. The van der Waals surface area contributed by atoms with E-state index in [1.54, 1.807) is 6.07 Å². The average molecular weight is 349 g/mol. The van der Waals surface area contributed by atoms with Crippen molar-refractivity contribution in [3.05, 3.63) is 52.7 Å². The number of anilines is 1. The molecule has 2 aromatic rings. The molecule has 0 bridgehead atoms. The lowest BCUT2D eigenvalue weighted by Crippen LogP contribution is -2.21. The van der Waals surface area contributed by atoms with Gasteiger partial charge in [0.1, 0.15) is 4.90 Å². The van der Waals surface area contributed by atoms with Gasteiger partial charge in [-0.3, -0.25) is 14.5 Å². The van der Waals surface area contributed by atoms with Gasteiger partial charge in [-0.15, -0.1) is 0 Å². The lowest BCUT2D eigenvalue weighted by Gasteiger charge is -2.17. The maximum Gasteiger partial charge on any atom is 0.263 e. The van der Waals surface area contributed by atoms with Crippen LogP contribution in [0.5, 0.6) is 0 Å². The number of hydrogen-bond acceptors (Lipinski definition) is 4. The molecule has 0 saturated heterocycles. The molecule has 0 saturated carbocycles. The number of aromatic nitrogens is 2. The summed E-state index contributed by atoms with van der Waals surface area (Å²) in [5, 5.41) is 0. The Bertz CT molecular complexity index is 863. The summed E-state index contributed by atoms with van der Waals surface area (Å²) < 4.78 is 28.9. The van der Waals surface area contributed by atoms with E-state index in [0.717, 1.165) is 12.1 Å². The molecule has 130 valence electrons. The molecule has 7 heteroatoms. The zero-order valence-electron chi connectivity index (χ0n) is 14.4. The summed E-state index contributed by atoms with van der Waals surface area (Å²) in [5.74, 6) is 0. The third-order valence-electron chi connectivity index (χ3n) is 3.52. The van der Waals surface area contributed by atoms with E-state index in [1.807, 2.05) is 27.7 Å². The molecule has 2 rings (SSSR count). The minimum Gasteiger partial charge on any atom is -0.313 e. The van der Waals surface area contributed by atoms with Gasteiger partial charge in [0.15, 0.2) is 0 Å². The fourth-order valence-electron chi connectivity index (χ4n) is 2.20. The number of pyridine rings is 2. The van der Waals surface area contributed by atoms with Crippen LogP contribution in [-0.4, -0.2) is 18.0 Å². The lowest BCUT2D eigenvalue weighted by molar-refractivity contribution is 0.566. The zero-order valence-corrected chi connectivity index (χ0v) is 15.2. The standard InChI is InChI=1S/C17H23N3O3S/c1-5-10-20-12-13(6-9-16(20)21)19-24(22,23)14-7-8-15(18-11-14)17(2,3)4/h6-9,11-12,19H,5,10H2,1-4H3. The molecule has 6 nitrogen and oxygen atoms in total. The van der Waals surface area contributed by atoms with Gasteiger partial charge in [-0.1, -0.05) is 27.7 Å². The maximum absolute atomic E-state index is 12.5. The highest BCUT2D eigenvalue weighted by Gasteiger charge is 2.19. The van der Waals surface area contributed by atoms with E-state index >= 15 is 0 Å². The number of rotatable bonds is 5. The summed E-state index contributed by atoms with van der Waals surface area (Å²) in [7, 11) is -3.75. The molecule has 0 fully saturated rings. The molecule has 2 aromatic heterocycles. The summed E-state index contributed by atoms with van der Waals surface area (Å²) in [5.41, 5.74) is 0.864. The van der Waals surface area contributed by atoms with E-state index in [-0.39, 0.29) is 15.9 Å². The summed E-state index contributed by atoms with van der Waals surface area (Å²) in [6.45, 7) is 8.53. The van der Waals surface area contributed by atoms with Crippen molar-refractivity contribution >= 4 is 15.7 Å². The highest BCUT2D eigenvalue weighted by molar-refractivity contribution is 7.92. The molecular formula is C17H23N3O3S. The van der Waals surface area contributed by atoms with Gasteiger partial charge in [-0.2, -0.15) is 0 Å². The Morgan fingerprint density at radius 1 is 1.17 bits per heavy atom. The number of nitrogens with one attached hydrogen (secondary N) is 1. The van der Waals surface area contributed by atoms with E-state index in [2.05, 4.69) is 9.71 Å². The van der Waals surface area contributed by atoms with Gasteiger partial charge in [0.25, 0.3) is 15.6 Å². The third kappa shape index (κ3) is 4.23. The first kappa shape index (κ1) is 18.2. The Balaban J connectivity index is 2.28. The van der Waals surface area contributed by atoms with Crippen molar-refractivity contribution in [1.82, 2.24) is 9.55 Å². The van der Waals surface area contributed by atoms with Gasteiger partial charge in [-0.05, 0) is 24.6 Å². The first-order chi connectivity index (χ1) is 11.1. The normalized spacial score (nSPS) is 12.2. The largest absolute Gasteiger partial charge is 0.313 e. The topological polar surface area (TPSA) is 81.1 Å². The van der Waals surface area contributed by atoms with Gasteiger partial charge in [0.05, 0.1) is 5.69 Å². The minimum absolute atomic E-state index is 0.0868. The third-order valence-corrected chi connectivity index (χ3v) is 4.88. The highest BCUT2D eigenvalue weighted by atomic mass is 32.2. The molecule has 0 amide bonds. The van der Waals surface area contributed by atoms with Crippen molar-refractivity contribution in [2.75, 3.05) is 4.72 Å². The van der Waals surface area contributed by atoms with Crippen LogP contribution >= 0.6 is 0 Å². The molecule has 0 radical (unpaired) electrons. The minimum atomic E-state index is -3.75. The second-order valence-corrected chi connectivity index (χ2v) is 8.37. The molecule has 0 spiro atoms. The number of sulfonamides is 1. The fourth-order valence-corrected chi connectivity index (χ4v) is 3.19. The Labute approximate surface area is 142 Å². The van der Waals surface area contributed by atoms with Crippen LogP contribution in [0.4, 0.5) is 5.69 Å².